The van der Waals surface area contributed by atoms with Gasteiger partial charge in [0.15, 0.2) is 11.5 Å². The van der Waals surface area contributed by atoms with Gasteiger partial charge in [-0.2, -0.15) is 5.26 Å². The van der Waals surface area contributed by atoms with Crippen molar-refractivity contribution in [3.8, 4) is 17.6 Å². The molecule has 0 aliphatic carbocycles. The summed E-state index contributed by atoms with van der Waals surface area (Å²) in [5.74, 6) is -0.106. The van der Waals surface area contributed by atoms with Gasteiger partial charge >= 0.3 is 0 Å². The zero-order chi connectivity index (χ0) is 20.7. The zero-order valence-corrected chi connectivity index (χ0v) is 15.7. The molecule has 0 aliphatic rings. The zero-order valence-electron chi connectivity index (χ0n) is 15.7. The molecular weight excluding hydrogens is 360 g/mol. The Morgan fingerprint density at radius 3 is 2.29 bits per heavy atom. The van der Waals surface area contributed by atoms with E-state index in [9.17, 15) is 14.9 Å². The lowest BCUT2D eigenvalue weighted by molar-refractivity contribution is -0.116. The van der Waals surface area contributed by atoms with Crippen molar-refractivity contribution in [2.45, 2.75) is 6.92 Å². The molecular formula is C20H20N4O4. The molecule has 0 fully saturated rings. The second-order valence-corrected chi connectivity index (χ2v) is 5.66. The number of hydrogen-bond acceptors (Lipinski definition) is 6. The van der Waals surface area contributed by atoms with E-state index in [1.165, 1.54) is 32.2 Å². The minimum absolute atomic E-state index is 0.248. The highest BCUT2D eigenvalue weighted by molar-refractivity contribution is 6.08. The fourth-order valence-corrected chi connectivity index (χ4v) is 2.36. The lowest BCUT2D eigenvalue weighted by atomic mass is 10.2. The van der Waals surface area contributed by atoms with Crippen LogP contribution in [0.4, 0.5) is 17.1 Å². The van der Waals surface area contributed by atoms with Crippen LogP contribution in [0.1, 0.15) is 6.92 Å². The van der Waals surface area contributed by atoms with Crippen LogP contribution < -0.4 is 25.4 Å². The van der Waals surface area contributed by atoms with Gasteiger partial charge in [0.2, 0.25) is 5.91 Å². The molecule has 2 aromatic carbocycles. The summed E-state index contributed by atoms with van der Waals surface area (Å²) in [5, 5.41) is 12.0. The van der Waals surface area contributed by atoms with Crippen LogP contribution in [0.15, 0.2) is 54.2 Å². The normalized spacial score (nSPS) is 10.6. The molecule has 0 radical (unpaired) electrons. The number of nitrogens with zero attached hydrogens (tertiary/aromatic N) is 2. The monoisotopic (exact) mass is 380 g/mol. The number of carbonyl (C=O) groups is 2. The maximum Gasteiger partial charge on any atom is 0.267 e. The minimum atomic E-state index is -0.670. The van der Waals surface area contributed by atoms with Crippen molar-refractivity contribution in [2.75, 3.05) is 30.2 Å². The summed E-state index contributed by atoms with van der Waals surface area (Å²) in [4.78, 5) is 25.7. The molecule has 0 aromatic heterocycles. The average Bonchev–Trinajstić information content (AvgIpc) is 2.69. The van der Waals surface area contributed by atoms with E-state index < -0.39 is 5.91 Å². The van der Waals surface area contributed by atoms with Crippen molar-refractivity contribution in [3.05, 3.63) is 54.2 Å². The Kier molecular flexibility index (Phi) is 6.60. The van der Waals surface area contributed by atoms with Crippen LogP contribution in [0.25, 0.3) is 0 Å². The summed E-state index contributed by atoms with van der Waals surface area (Å²) in [5.41, 5.74) is 6.82. The Balaban J connectivity index is 2.29. The molecule has 0 spiro atoms. The van der Waals surface area contributed by atoms with Crippen molar-refractivity contribution < 1.29 is 19.1 Å². The molecule has 0 atom stereocenters. The van der Waals surface area contributed by atoms with Crippen molar-refractivity contribution in [2.24, 2.45) is 0 Å². The van der Waals surface area contributed by atoms with Gasteiger partial charge in [0.05, 0.1) is 14.2 Å². The van der Waals surface area contributed by atoms with E-state index in [0.717, 1.165) is 0 Å². The highest BCUT2D eigenvalue weighted by atomic mass is 16.5. The number of nitrogen functional groups attached to an aromatic ring is 1. The fourth-order valence-electron chi connectivity index (χ4n) is 2.36. The number of nitriles is 1. The number of anilines is 3. The Labute approximate surface area is 162 Å². The molecule has 0 unspecified atom stereocenters. The summed E-state index contributed by atoms with van der Waals surface area (Å²) in [6, 6.07) is 13.1. The quantitative estimate of drug-likeness (QED) is 0.452. The van der Waals surface area contributed by atoms with Gasteiger partial charge in [0, 0.05) is 36.3 Å². The third kappa shape index (κ3) is 4.80. The Bertz CT molecular complexity index is 946. The lowest BCUT2D eigenvalue weighted by Gasteiger charge is -2.17. The molecule has 2 aromatic rings. The molecule has 0 bridgehead atoms. The van der Waals surface area contributed by atoms with Crippen molar-refractivity contribution in [1.29, 1.82) is 5.26 Å². The van der Waals surface area contributed by atoms with E-state index in [0.29, 0.717) is 28.6 Å². The molecule has 144 valence electrons. The molecule has 0 aliphatic heterocycles. The number of methoxy groups -OCH3 is 2. The van der Waals surface area contributed by atoms with Gasteiger partial charge in [-0.3, -0.25) is 14.5 Å². The lowest BCUT2D eigenvalue weighted by Crippen LogP contribution is -2.25. The fraction of sp³-hybridized carbons (Fsp3) is 0.150. The van der Waals surface area contributed by atoms with Gasteiger partial charge < -0.3 is 20.5 Å². The highest BCUT2D eigenvalue weighted by Gasteiger charge is 2.16. The molecule has 28 heavy (non-hydrogen) atoms. The number of carbonyl (C=O) groups excluding carboxylic acids is 2. The first kappa shape index (κ1) is 20.3. The number of hydrogen-bond donors (Lipinski definition) is 2. The molecule has 2 rings (SSSR count). The van der Waals surface area contributed by atoms with E-state index in [2.05, 4.69) is 5.32 Å². The standard InChI is InChI=1S/C20H20N4O4/c1-13(25)24(17-7-4-15(22)5-8-17)12-14(11-21)20(26)23-16-6-9-18(27-2)19(10-16)28-3/h4-10,12H,22H2,1-3H3,(H,23,26)/b14-12-. The van der Waals surface area contributed by atoms with Crippen LogP contribution in [0.2, 0.25) is 0 Å². The Morgan fingerprint density at radius 2 is 1.75 bits per heavy atom. The number of amides is 2. The molecule has 2 amide bonds. The van der Waals surface area contributed by atoms with Gasteiger partial charge in [0.1, 0.15) is 11.6 Å². The summed E-state index contributed by atoms with van der Waals surface area (Å²) in [6.45, 7) is 1.33. The van der Waals surface area contributed by atoms with E-state index in [4.69, 9.17) is 15.2 Å². The first-order valence-corrected chi connectivity index (χ1v) is 8.20. The van der Waals surface area contributed by atoms with E-state index in [-0.39, 0.29) is 11.5 Å². The SMILES string of the molecule is COc1ccc(NC(=O)/C(C#N)=C\N(C(C)=O)c2ccc(N)cc2)cc1OC. The smallest absolute Gasteiger partial charge is 0.267 e. The number of nitrogens with two attached hydrogens (primary N) is 1. The third-order valence-corrected chi connectivity index (χ3v) is 3.78. The van der Waals surface area contributed by atoms with Crippen LogP contribution in [-0.4, -0.2) is 26.0 Å². The molecule has 0 heterocycles. The average molecular weight is 380 g/mol. The maximum absolute atomic E-state index is 12.5. The predicted octanol–water partition coefficient (Wildman–Crippen LogP) is 2.69. The molecule has 0 saturated carbocycles. The second kappa shape index (κ2) is 9.09. The van der Waals surface area contributed by atoms with Crippen LogP contribution in [-0.2, 0) is 9.59 Å². The van der Waals surface area contributed by atoms with Crippen LogP contribution in [0, 0.1) is 11.3 Å². The van der Waals surface area contributed by atoms with E-state index in [1.807, 2.05) is 6.07 Å². The number of nitrogens with one attached hydrogen (secondary N) is 1. The number of benzene rings is 2. The second-order valence-electron chi connectivity index (χ2n) is 5.66. The highest BCUT2D eigenvalue weighted by Crippen LogP contribution is 2.30. The minimum Gasteiger partial charge on any atom is -0.493 e. The largest absolute Gasteiger partial charge is 0.493 e. The Hall–Kier alpha value is -3.99. The van der Waals surface area contributed by atoms with E-state index >= 15 is 0 Å². The Morgan fingerprint density at radius 1 is 1.11 bits per heavy atom. The predicted molar refractivity (Wildman–Crippen MR) is 106 cm³/mol. The van der Waals surface area contributed by atoms with E-state index in [1.54, 1.807) is 42.5 Å². The summed E-state index contributed by atoms with van der Waals surface area (Å²) in [7, 11) is 2.97. The van der Waals surface area contributed by atoms with Crippen molar-refractivity contribution >= 4 is 28.9 Å². The van der Waals surface area contributed by atoms with Gasteiger partial charge in [-0.15, -0.1) is 0 Å². The summed E-state index contributed by atoms with van der Waals surface area (Å²) >= 11 is 0. The number of ether oxygens (including phenoxy) is 2. The van der Waals surface area contributed by atoms with Gasteiger partial charge in [-0.1, -0.05) is 0 Å². The van der Waals surface area contributed by atoms with Gasteiger partial charge in [-0.25, -0.2) is 0 Å². The molecule has 3 N–H and O–H groups in total. The maximum atomic E-state index is 12.5. The molecule has 0 saturated heterocycles. The first-order chi connectivity index (χ1) is 13.4. The molecule has 8 nitrogen and oxygen atoms in total. The summed E-state index contributed by atoms with van der Waals surface area (Å²) < 4.78 is 10.3. The van der Waals surface area contributed by atoms with Crippen LogP contribution in [0.3, 0.4) is 0 Å². The van der Waals surface area contributed by atoms with Crippen LogP contribution in [0.5, 0.6) is 11.5 Å². The summed E-state index contributed by atoms with van der Waals surface area (Å²) in [6.07, 6.45) is 1.18. The topological polar surface area (TPSA) is 118 Å². The van der Waals surface area contributed by atoms with Crippen molar-refractivity contribution in [1.82, 2.24) is 0 Å². The third-order valence-electron chi connectivity index (χ3n) is 3.78. The van der Waals surface area contributed by atoms with Gasteiger partial charge in [0.25, 0.3) is 5.91 Å². The number of rotatable bonds is 6. The molecule has 8 heteroatoms. The van der Waals surface area contributed by atoms with Crippen molar-refractivity contribution in [3.63, 3.8) is 0 Å². The van der Waals surface area contributed by atoms with Gasteiger partial charge in [-0.05, 0) is 36.4 Å². The van der Waals surface area contributed by atoms with Crippen LogP contribution >= 0.6 is 0 Å². The first-order valence-electron chi connectivity index (χ1n) is 8.20.